The maximum Gasteiger partial charge on any atom is 0.248 e. The molecule has 0 atom stereocenters. The zero-order valence-corrected chi connectivity index (χ0v) is 10.6. The van der Waals surface area contributed by atoms with Gasteiger partial charge in [-0.15, -0.1) is 10.2 Å². The van der Waals surface area contributed by atoms with E-state index in [2.05, 4.69) is 15.4 Å². The van der Waals surface area contributed by atoms with Crippen LogP contribution in [-0.2, 0) is 11.3 Å². The van der Waals surface area contributed by atoms with E-state index in [1.807, 2.05) is 6.92 Å². The van der Waals surface area contributed by atoms with E-state index >= 15 is 0 Å². The van der Waals surface area contributed by atoms with Crippen LogP contribution in [0.3, 0.4) is 0 Å². The number of primary amides is 1. The molecule has 1 heterocycles. The number of rotatable bonds is 6. The first kappa shape index (κ1) is 13.2. The second kappa shape index (κ2) is 6.05. The second-order valence-electron chi connectivity index (χ2n) is 3.85. The summed E-state index contributed by atoms with van der Waals surface area (Å²) in [4.78, 5) is 12.4. The van der Waals surface area contributed by atoms with Crippen molar-refractivity contribution >= 4 is 5.91 Å². The summed E-state index contributed by atoms with van der Waals surface area (Å²) in [6, 6.07) is 6.76. The fourth-order valence-electron chi connectivity index (χ4n) is 1.53. The molecule has 7 heteroatoms. The number of nitrogens with zero attached hydrogens (tertiary/aromatic N) is 4. The summed E-state index contributed by atoms with van der Waals surface area (Å²) in [6.45, 7) is 3.70. The van der Waals surface area contributed by atoms with Gasteiger partial charge in [0.25, 0.3) is 0 Å². The van der Waals surface area contributed by atoms with E-state index in [9.17, 15) is 4.79 Å². The summed E-state index contributed by atoms with van der Waals surface area (Å²) < 4.78 is 5.21. The molecule has 2 rings (SSSR count). The molecule has 19 heavy (non-hydrogen) atoms. The van der Waals surface area contributed by atoms with E-state index in [-0.39, 0.29) is 0 Å². The monoisotopic (exact) mass is 261 g/mol. The molecule has 2 N–H and O–H groups in total. The number of benzene rings is 1. The van der Waals surface area contributed by atoms with Crippen LogP contribution in [0.1, 0.15) is 17.3 Å². The number of aromatic nitrogens is 4. The van der Waals surface area contributed by atoms with Gasteiger partial charge in [-0.2, -0.15) is 4.80 Å². The fourth-order valence-corrected chi connectivity index (χ4v) is 1.53. The maximum absolute atomic E-state index is 11.0. The van der Waals surface area contributed by atoms with Gasteiger partial charge < -0.3 is 10.5 Å². The van der Waals surface area contributed by atoms with Crippen LogP contribution >= 0.6 is 0 Å². The van der Waals surface area contributed by atoms with Gasteiger partial charge in [0.05, 0.1) is 13.2 Å². The highest BCUT2D eigenvalue weighted by atomic mass is 16.5. The van der Waals surface area contributed by atoms with E-state index in [1.165, 1.54) is 4.80 Å². The zero-order chi connectivity index (χ0) is 13.7. The number of nitrogens with two attached hydrogens (primary N) is 1. The molecule has 0 bridgehead atoms. The van der Waals surface area contributed by atoms with E-state index in [0.29, 0.717) is 31.1 Å². The molecule has 0 aliphatic carbocycles. The first-order valence-corrected chi connectivity index (χ1v) is 5.96. The Labute approximate surface area is 110 Å². The Bertz CT molecular complexity index is 550. The number of ether oxygens (including phenoxy) is 1. The third-order valence-corrected chi connectivity index (χ3v) is 2.52. The Balaban J connectivity index is 2.07. The molecule has 0 spiro atoms. The van der Waals surface area contributed by atoms with Crippen LogP contribution in [0.2, 0.25) is 0 Å². The molecule has 1 aromatic heterocycles. The van der Waals surface area contributed by atoms with Crippen molar-refractivity contribution in [2.75, 3.05) is 13.2 Å². The van der Waals surface area contributed by atoms with Gasteiger partial charge >= 0.3 is 0 Å². The molecule has 0 saturated heterocycles. The average molecular weight is 261 g/mol. The minimum absolute atomic E-state index is 0.451. The molecule has 2 aromatic rings. The number of tetrazole rings is 1. The highest BCUT2D eigenvalue weighted by Crippen LogP contribution is 2.14. The predicted molar refractivity (Wildman–Crippen MR) is 68.3 cm³/mol. The van der Waals surface area contributed by atoms with Crippen LogP contribution in [0.15, 0.2) is 24.3 Å². The largest absolute Gasteiger partial charge is 0.380 e. The summed E-state index contributed by atoms with van der Waals surface area (Å²) in [5.41, 5.74) is 6.41. The molecular formula is C12H15N5O2. The smallest absolute Gasteiger partial charge is 0.248 e. The van der Waals surface area contributed by atoms with Crippen LogP contribution in [0.4, 0.5) is 0 Å². The molecule has 0 radical (unpaired) electrons. The van der Waals surface area contributed by atoms with Crippen LogP contribution in [0.5, 0.6) is 0 Å². The molecule has 0 saturated carbocycles. The SMILES string of the molecule is CCOCCn1nnc(-c2ccc(C(N)=O)cc2)n1. The predicted octanol–water partition coefficient (Wildman–Crippen LogP) is 0.475. The number of hydrogen-bond donors (Lipinski definition) is 1. The van der Waals surface area contributed by atoms with Gasteiger partial charge in [0.2, 0.25) is 11.7 Å². The average Bonchev–Trinajstić information content (AvgIpc) is 2.88. The van der Waals surface area contributed by atoms with Crippen LogP contribution in [0, 0.1) is 0 Å². The van der Waals surface area contributed by atoms with Gasteiger partial charge in [0.1, 0.15) is 0 Å². The van der Waals surface area contributed by atoms with Gasteiger partial charge in [-0.05, 0) is 24.3 Å². The standard InChI is InChI=1S/C12H15N5O2/c1-2-19-8-7-17-15-12(14-16-17)10-5-3-9(4-6-10)11(13)18/h3-6H,2,7-8H2,1H3,(H2,13,18). The lowest BCUT2D eigenvalue weighted by atomic mass is 10.1. The Morgan fingerprint density at radius 2 is 2.11 bits per heavy atom. The number of hydrogen-bond acceptors (Lipinski definition) is 5. The summed E-state index contributed by atoms with van der Waals surface area (Å²) in [6.07, 6.45) is 0. The topological polar surface area (TPSA) is 95.9 Å². The first-order chi connectivity index (χ1) is 9.20. The van der Waals surface area contributed by atoms with Crippen molar-refractivity contribution in [1.82, 2.24) is 20.2 Å². The third-order valence-electron chi connectivity index (χ3n) is 2.52. The van der Waals surface area contributed by atoms with E-state index in [1.54, 1.807) is 24.3 Å². The van der Waals surface area contributed by atoms with Gasteiger partial charge in [0, 0.05) is 17.7 Å². The Morgan fingerprint density at radius 1 is 1.37 bits per heavy atom. The summed E-state index contributed by atoms with van der Waals surface area (Å²) in [5.74, 6) is 0.0485. The Kier molecular flexibility index (Phi) is 4.19. The number of carbonyl (C=O) groups is 1. The molecule has 7 nitrogen and oxygen atoms in total. The van der Waals surface area contributed by atoms with Gasteiger partial charge in [-0.1, -0.05) is 12.1 Å². The van der Waals surface area contributed by atoms with Gasteiger partial charge in [0.15, 0.2) is 0 Å². The lowest BCUT2D eigenvalue weighted by Gasteiger charge is -1.99. The van der Waals surface area contributed by atoms with Crippen molar-refractivity contribution in [2.45, 2.75) is 13.5 Å². The fraction of sp³-hybridized carbons (Fsp3) is 0.333. The Hall–Kier alpha value is -2.28. The molecule has 0 aliphatic rings. The quantitative estimate of drug-likeness (QED) is 0.763. The lowest BCUT2D eigenvalue weighted by molar-refractivity contribution is 0.100. The second-order valence-corrected chi connectivity index (χ2v) is 3.85. The highest BCUT2D eigenvalue weighted by molar-refractivity contribution is 5.93. The summed E-state index contributed by atoms with van der Waals surface area (Å²) in [5, 5.41) is 12.1. The van der Waals surface area contributed by atoms with Crippen molar-refractivity contribution in [3.05, 3.63) is 29.8 Å². The zero-order valence-electron chi connectivity index (χ0n) is 10.6. The molecule has 0 fully saturated rings. The molecular weight excluding hydrogens is 246 g/mol. The van der Waals surface area contributed by atoms with Gasteiger partial charge in [-0.3, -0.25) is 4.79 Å². The summed E-state index contributed by atoms with van der Waals surface area (Å²) in [7, 11) is 0. The molecule has 1 amide bonds. The van der Waals surface area contributed by atoms with Gasteiger partial charge in [-0.25, -0.2) is 0 Å². The third kappa shape index (κ3) is 3.35. The van der Waals surface area contributed by atoms with Crippen molar-refractivity contribution < 1.29 is 9.53 Å². The normalized spacial score (nSPS) is 10.6. The van der Waals surface area contributed by atoms with Crippen LogP contribution in [-0.4, -0.2) is 39.3 Å². The van der Waals surface area contributed by atoms with Crippen molar-refractivity contribution in [3.8, 4) is 11.4 Å². The Morgan fingerprint density at radius 3 is 2.74 bits per heavy atom. The van der Waals surface area contributed by atoms with Crippen LogP contribution in [0.25, 0.3) is 11.4 Å². The maximum atomic E-state index is 11.0. The number of carbonyl (C=O) groups excluding carboxylic acids is 1. The minimum Gasteiger partial charge on any atom is -0.380 e. The lowest BCUT2D eigenvalue weighted by Crippen LogP contribution is -2.10. The van der Waals surface area contributed by atoms with E-state index in [0.717, 1.165) is 5.56 Å². The number of amides is 1. The molecule has 1 aromatic carbocycles. The van der Waals surface area contributed by atoms with E-state index in [4.69, 9.17) is 10.5 Å². The van der Waals surface area contributed by atoms with E-state index < -0.39 is 5.91 Å². The van der Waals surface area contributed by atoms with Crippen molar-refractivity contribution in [1.29, 1.82) is 0 Å². The van der Waals surface area contributed by atoms with Crippen molar-refractivity contribution in [2.24, 2.45) is 5.73 Å². The molecule has 0 aliphatic heterocycles. The van der Waals surface area contributed by atoms with Crippen molar-refractivity contribution in [3.63, 3.8) is 0 Å². The minimum atomic E-state index is -0.458. The summed E-state index contributed by atoms with van der Waals surface area (Å²) >= 11 is 0. The highest BCUT2D eigenvalue weighted by Gasteiger charge is 2.07. The van der Waals surface area contributed by atoms with Crippen LogP contribution < -0.4 is 5.73 Å². The first-order valence-electron chi connectivity index (χ1n) is 5.96. The molecule has 0 unspecified atom stereocenters. The molecule has 100 valence electrons.